The SMILES string of the molecule is CCN(CC)CCNc1nccc2cccc(C(=O)O)c12. The van der Waals surface area contributed by atoms with Gasteiger partial charge in [-0.2, -0.15) is 0 Å². The zero-order chi connectivity index (χ0) is 15.2. The van der Waals surface area contributed by atoms with Gasteiger partial charge in [0, 0.05) is 24.7 Å². The second-order valence-electron chi connectivity index (χ2n) is 4.82. The summed E-state index contributed by atoms with van der Waals surface area (Å²) in [6, 6.07) is 7.10. The maximum Gasteiger partial charge on any atom is 0.336 e. The van der Waals surface area contributed by atoms with Crippen LogP contribution < -0.4 is 5.32 Å². The van der Waals surface area contributed by atoms with Crippen LogP contribution in [0.3, 0.4) is 0 Å². The zero-order valence-electron chi connectivity index (χ0n) is 12.5. The number of likely N-dealkylation sites (N-methyl/N-ethyl adjacent to an activating group) is 1. The average Bonchev–Trinajstić information content (AvgIpc) is 2.51. The number of nitrogens with zero attached hydrogens (tertiary/aromatic N) is 2. The molecule has 0 amide bonds. The van der Waals surface area contributed by atoms with Crippen LogP contribution in [0.25, 0.3) is 10.8 Å². The first kappa shape index (κ1) is 15.3. The fraction of sp³-hybridized carbons (Fsp3) is 0.375. The molecule has 0 radical (unpaired) electrons. The monoisotopic (exact) mass is 287 g/mol. The summed E-state index contributed by atoms with van der Waals surface area (Å²) in [6.45, 7) is 7.90. The standard InChI is InChI=1S/C16H21N3O2/c1-3-19(4-2)11-10-18-15-14-12(8-9-17-15)6-5-7-13(14)16(20)21/h5-9H,3-4,10-11H2,1-2H3,(H,17,18)(H,20,21). The third-order valence-electron chi connectivity index (χ3n) is 3.64. The summed E-state index contributed by atoms with van der Waals surface area (Å²) in [5.41, 5.74) is 0.283. The number of benzene rings is 1. The number of carboxylic acids is 1. The van der Waals surface area contributed by atoms with Gasteiger partial charge >= 0.3 is 5.97 Å². The van der Waals surface area contributed by atoms with Crippen molar-refractivity contribution in [2.24, 2.45) is 0 Å². The van der Waals surface area contributed by atoms with E-state index in [0.717, 1.165) is 31.6 Å². The second-order valence-corrected chi connectivity index (χ2v) is 4.82. The molecule has 0 saturated heterocycles. The topological polar surface area (TPSA) is 65.5 Å². The van der Waals surface area contributed by atoms with Crippen molar-refractivity contribution in [3.63, 3.8) is 0 Å². The lowest BCUT2D eigenvalue weighted by atomic mass is 10.1. The summed E-state index contributed by atoms with van der Waals surface area (Å²) in [5.74, 6) is -0.293. The van der Waals surface area contributed by atoms with Crippen LogP contribution in [0.4, 0.5) is 5.82 Å². The molecule has 5 nitrogen and oxygen atoms in total. The minimum Gasteiger partial charge on any atom is -0.478 e. The van der Waals surface area contributed by atoms with Gasteiger partial charge < -0.3 is 15.3 Å². The first-order valence-electron chi connectivity index (χ1n) is 7.24. The molecule has 0 fully saturated rings. The molecular formula is C16H21N3O2. The van der Waals surface area contributed by atoms with Crippen LogP contribution in [-0.2, 0) is 0 Å². The van der Waals surface area contributed by atoms with Gasteiger partial charge in [0.2, 0.25) is 0 Å². The number of hydrogen-bond acceptors (Lipinski definition) is 4. The van der Waals surface area contributed by atoms with Crippen LogP contribution >= 0.6 is 0 Å². The Morgan fingerprint density at radius 2 is 2.05 bits per heavy atom. The molecule has 2 rings (SSSR count). The molecule has 1 aromatic heterocycles. The molecule has 0 spiro atoms. The van der Waals surface area contributed by atoms with E-state index >= 15 is 0 Å². The molecule has 2 N–H and O–H groups in total. The maximum atomic E-state index is 11.4. The van der Waals surface area contributed by atoms with Crippen LogP contribution in [0.5, 0.6) is 0 Å². The van der Waals surface area contributed by atoms with Gasteiger partial charge in [-0.3, -0.25) is 0 Å². The summed E-state index contributed by atoms with van der Waals surface area (Å²) in [7, 11) is 0. The molecule has 21 heavy (non-hydrogen) atoms. The Hall–Kier alpha value is -2.14. The predicted octanol–water partition coefficient (Wildman–Crippen LogP) is 2.69. The maximum absolute atomic E-state index is 11.4. The fourth-order valence-electron chi connectivity index (χ4n) is 2.41. The highest BCUT2D eigenvalue weighted by molar-refractivity contribution is 6.08. The van der Waals surface area contributed by atoms with E-state index in [1.165, 1.54) is 0 Å². The van der Waals surface area contributed by atoms with E-state index in [4.69, 9.17) is 0 Å². The van der Waals surface area contributed by atoms with Gasteiger partial charge in [0.05, 0.1) is 5.56 Å². The predicted molar refractivity (Wildman–Crippen MR) is 85.0 cm³/mol. The molecule has 1 heterocycles. The van der Waals surface area contributed by atoms with Crippen LogP contribution in [0, 0.1) is 0 Å². The number of aromatic carboxylic acids is 1. The third kappa shape index (κ3) is 3.49. The number of pyridine rings is 1. The van der Waals surface area contributed by atoms with Crippen LogP contribution in [0.2, 0.25) is 0 Å². The summed E-state index contributed by atoms with van der Waals surface area (Å²) < 4.78 is 0. The smallest absolute Gasteiger partial charge is 0.336 e. The van der Waals surface area contributed by atoms with E-state index in [1.807, 2.05) is 12.1 Å². The lowest BCUT2D eigenvalue weighted by molar-refractivity contribution is 0.0699. The van der Waals surface area contributed by atoms with Crippen molar-refractivity contribution < 1.29 is 9.90 Å². The van der Waals surface area contributed by atoms with E-state index in [-0.39, 0.29) is 5.56 Å². The minimum absolute atomic E-state index is 0.283. The Kier molecular flexibility index (Phi) is 5.11. The van der Waals surface area contributed by atoms with Crippen LogP contribution in [-0.4, -0.2) is 47.1 Å². The number of rotatable bonds is 7. The molecule has 0 aliphatic rings. The number of hydrogen-bond donors (Lipinski definition) is 2. The zero-order valence-corrected chi connectivity index (χ0v) is 12.5. The van der Waals surface area contributed by atoms with Crippen molar-refractivity contribution in [3.8, 4) is 0 Å². The van der Waals surface area contributed by atoms with Gasteiger partial charge in [0.1, 0.15) is 5.82 Å². The van der Waals surface area contributed by atoms with Gasteiger partial charge in [-0.1, -0.05) is 26.0 Å². The Labute approximate surface area is 124 Å². The number of fused-ring (bicyclic) bond motifs is 1. The molecule has 0 aliphatic carbocycles. The largest absolute Gasteiger partial charge is 0.478 e. The molecule has 0 bridgehead atoms. The van der Waals surface area contributed by atoms with E-state index in [2.05, 4.69) is 29.0 Å². The highest BCUT2D eigenvalue weighted by Crippen LogP contribution is 2.25. The molecule has 0 unspecified atom stereocenters. The van der Waals surface area contributed by atoms with Crippen molar-refractivity contribution in [1.82, 2.24) is 9.88 Å². The molecule has 2 aromatic rings. The Bertz CT molecular complexity index is 619. The highest BCUT2D eigenvalue weighted by Gasteiger charge is 2.12. The van der Waals surface area contributed by atoms with Gasteiger partial charge in [-0.15, -0.1) is 0 Å². The summed E-state index contributed by atoms with van der Waals surface area (Å²) in [4.78, 5) is 18.0. The minimum atomic E-state index is -0.930. The lowest BCUT2D eigenvalue weighted by Crippen LogP contribution is -2.28. The molecule has 0 aliphatic heterocycles. The van der Waals surface area contributed by atoms with Crippen molar-refractivity contribution in [3.05, 3.63) is 36.0 Å². The number of anilines is 1. The Morgan fingerprint density at radius 3 is 2.71 bits per heavy atom. The number of carboxylic acid groups (broad SMARTS) is 1. The molecular weight excluding hydrogens is 266 g/mol. The number of aromatic nitrogens is 1. The molecule has 0 saturated carbocycles. The molecule has 112 valence electrons. The Balaban J connectivity index is 2.25. The van der Waals surface area contributed by atoms with Crippen molar-refractivity contribution in [1.29, 1.82) is 0 Å². The average molecular weight is 287 g/mol. The number of carbonyl (C=O) groups is 1. The summed E-state index contributed by atoms with van der Waals surface area (Å²) in [5, 5.41) is 14.2. The summed E-state index contributed by atoms with van der Waals surface area (Å²) in [6.07, 6.45) is 1.70. The Morgan fingerprint density at radius 1 is 1.29 bits per heavy atom. The van der Waals surface area contributed by atoms with Crippen molar-refractivity contribution in [2.75, 3.05) is 31.5 Å². The summed E-state index contributed by atoms with van der Waals surface area (Å²) >= 11 is 0. The van der Waals surface area contributed by atoms with Crippen molar-refractivity contribution in [2.45, 2.75) is 13.8 Å². The van der Waals surface area contributed by atoms with Crippen LogP contribution in [0.15, 0.2) is 30.5 Å². The number of nitrogens with one attached hydrogen (secondary N) is 1. The molecule has 5 heteroatoms. The van der Waals surface area contributed by atoms with Gasteiger partial charge in [0.25, 0.3) is 0 Å². The molecule has 0 atom stereocenters. The quantitative estimate of drug-likeness (QED) is 0.819. The van der Waals surface area contributed by atoms with E-state index in [0.29, 0.717) is 11.2 Å². The normalized spacial score (nSPS) is 11.0. The molecule has 1 aromatic carbocycles. The highest BCUT2D eigenvalue weighted by atomic mass is 16.4. The van der Waals surface area contributed by atoms with Gasteiger partial charge in [-0.05, 0) is 30.6 Å². The van der Waals surface area contributed by atoms with E-state index in [9.17, 15) is 9.90 Å². The van der Waals surface area contributed by atoms with Crippen LogP contribution in [0.1, 0.15) is 24.2 Å². The van der Waals surface area contributed by atoms with Gasteiger partial charge in [-0.25, -0.2) is 9.78 Å². The second kappa shape index (κ2) is 7.04. The van der Waals surface area contributed by atoms with Gasteiger partial charge in [0.15, 0.2) is 0 Å². The third-order valence-corrected chi connectivity index (χ3v) is 3.64. The first-order valence-corrected chi connectivity index (χ1v) is 7.24. The van der Waals surface area contributed by atoms with Crippen molar-refractivity contribution >= 4 is 22.6 Å². The van der Waals surface area contributed by atoms with E-state index < -0.39 is 5.97 Å². The first-order chi connectivity index (χ1) is 10.2. The lowest BCUT2D eigenvalue weighted by Gasteiger charge is -2.18. The van der Waals surface area contributed by atoms with E-state index in [1.54, 1.807) is 18.3 Å². The fourth-order valence-corrected chi connectivity index (χ4v) is 2.41.